The van der Waals surface area contributed by atoms with Gasteiger partial charge in [0.1, 0.15) is 0 Å². The van der Waals surface area contributed by atoms with Crippen molar-refractivity contribution in [2.45, 2.75) is 32.6 Å². The number of rotatable bonds is 4. The average molecular weight is 322 g/mol. The molecule has 0 aromatic heterocycles. The molecule has 1 N–H and O–H groups in total. The molecule has 1 heterocycles. The van der Waals surface area contributed by atoms with Crippen molar-refractivity contribution in [2.24, 2.45) is 0 Å². The van der Waals surface area contributed by atoms with Gasteiger partial charge in [-0.05, 0) is 49.1 Å². The smallest absolute Gasteiger partial charge is 0.227 e. The molecule has 3 rings (SSSR count). The molecule has 124 valence electrons. The Morgan fingerprint density at radius 1 is 1.17 bits per heavy atom. The third kappa shape index (κ3) is 3.65. The number of carbonyl (C=O) groups excluding carboxylic acids is 2. The van der Waals surface area contributed by atoms with Crippen LogP contribution in [0.5, 0.6) is 0 Å². The monoisotopic (exact) mass is 322 g/mol. The second-order valence-electron chi connectivity index (χ2n) is 6.33. The Morgan fingerprint density at radius 2 is 2.00 bits per heavy atom. The van der Waals surface area contributed by atoms with Gasteiger partial charge in [0.05, 0.1) is 0 Å². The normalized spacial score (nSPS) is 13.6. The number of fused-ring (bicyclic) bond motifs is 1. The van der Waals surface area contributed by atoms with Gasteiger partial charge in [-0.3, -0.25) is 9.59 Å². The Labute approximate surface area is 142 Å². The molecule has 0 bridgehead atoms. The summed E-state index contributed by atoms with van der Waals surface area (Å²) in [7, 11) is 1.79. The molecule has 4 heteroatoms. The highest BCUT2D eigenvalue weighted by molar-refractivity contribution is 5.97. The lowest BCUT2D eigenvalue weighted by molar-refractivity contribution is -0.118. The van der Waals surface area contributed by atoms with E-state index >= 15 is 0 Å². The van der Waals surface area contributed by atoms with Crippen LogP contribution in [0.2, 0.25) is 0 Å². The van der Waals surface area contributed by atoms with Gasteiger partial charge >= 0.3 is 0 Å². The van der Waals surface area contributed by atoms with Crippen molar-refractivity contribution >= 4 is 23.2 Å². The van der Waals surface area contributed by atoms with Gasteiger partial charge in [0, 0.05) is 31.3 Å². The highest BCUT2D eigenvalue weighted by atomic mass is 16.2. The van der Waals surface area contributed by atoms with Gasteiger partial charge in [-0.25, -0.2) is 0 Å². The lowest BCUT2D eigenvalue weighted by Crippen LogP contribution is -2.31. The fraction of sp³-hybridized carbons (Fsp3) is 0.300. The summed E-state index contributed by atoms with van der Waals surface area (Å²) in [6.45, 7) is 2.05. The Morgan fingerprint density at radius 3 is 2.79 bits per heavy atom. The maximum Gasteiger partial charge on any atom is 0.227 e. The molecule has 0 fully saturated rings. The number of anilines is 2. The van der Waals surface area contributed by atoms with Crippen LogP contribution in [0.3, 0.4) is 0 Å². The van der Waals surface area contributed by atoms with E-state index in [2.05, 4.69) is 24.4 Å². The van der Waals surface area contributed by atoms with Crippen LogP contribution in [0.1, 0.15) is 29.5 Å². The topological polar surface area (TPSA) is 49.4 Å². The predicted octanol–water partition coefficient (Wildman–Crippen LogP) is 3.48. The third-order valence-corrected chi connectivity index (χ3v) is 4.43. The van der Waals surface area contributed by atoms with Crippen LogP contribution in [-0.4, -0.2) is 18.9 Å². The zero-order valence-corrected chi connectivity index (χ0v) is 14.1. The summed E-state index contributed by atoms with van der Waals surface area (Å²) in [6.07, 6.45) is 2.44. The van der Waals surface area contributed by atoms with Gasteiger partial charge in [0.2, 0.25) is 11.8 Å². The van der Waals surface area contributed by atoms with Gasteiger partial charge in [0.25, 0.3) is 0 Å². The molecule has 0 saturated heterocycles. The standard InChI is InChI=1S/C20H22N2O2/c1-14-4-3-5-15(12-14)6-10-19(23)21-17-8-9-18-16(13-17)7-11-20(24)22(18)2/h3-5,8-9,12-13H,6-7,10-11H2,1-2H3,(H,21,23). The number of carbonyl (C=O) groups is 2. The maximum atomic E-state index is 12.2. The zero-order valence-electron chi connectivity index (χ0n) is 14.1. The molecule has 0 unspecified atom stereocenters. The molecule has 0 spiro atoms. The van der Waals surface area contributed by atoms with E-state index in [4.69, 9.17) is 0 Å². The summed E-state index contributed by atoms with van der Waals surface area (Å²) in [5.41, 5.74) is 5.22. The molecule has 2 aromatic carbocycles. The summed E-state index contributed by atoms with van der Waals surface area (Å²) >= 11 is 0. The highest BCUT2D eigenvalue weighted by Crippen LogP contribution is 2.29. The molecule has 1 aliphatic rings. The molecule has 0 radical (unpaired) electrons. The first-order chi connectivity index (χ1) is 11.5. The second kappa shape index (κ2) is 6.87. The summed E-state index contributed by atoms with van der Waals surface area (Å²) in [5.74, 6) is 0.147. The minimum absolute atomic E-state index is 0.0108. The Balaban J connectivity index is 1.62. The average Bonchev–Trinajstić information content (AvgIpc) is 2.57. The fourth-order valence-corrected chi connectivity index (χ4v) is 3.08. The lowest BCUT2D eigenvalue weighted by atomic mass is 10.0. The molecule has 1 aliphatic heterocycles. The predicted molar refractivity (Wildman–Crippen MR) is 96.3 cm³/mol. The third-order valence-electron chi connectivity index (χ3n) is 4.43. The summed E-state index contributed by atoms with van der Waals surface area (Å²) < 4.78 is 0. The van der Waals surface area contributed by atoms with Crippen LogP contribution in [0.4, 0.5) is 11.4 Å². The van der Waals surface area contributed by atoms with E-state index < -0.39 is 0 Å². The van der Waals surface area contributed by atoms with Crippen LogP contribution in [-0.2, 0) is 22.4 Å². The fourth-order valence-electron chi connectivity index (χ4n) is 3.08. The minimum Gasteiger partial charge on any atom is -0.326 e. The summed E-state index contributed by atoms with van der Waals surface area (Å²) in [6, 6.07) is 14.0. The number of nitrogens with one attached hydrogen (secondary N) is 1. The Hall–Kier alpha value is -2.62. The van der Waals surface area contributed by atoms with E-state index in [1.165, 1.54) is 11.1 Å². The van der Waals surface area contributed by atoms with E-state index in [0.29, 0.717) is 12.8 Å². The van der Waals surface area contributed by atoms with Crippen molar-refractivity contribution in [1.29, 1.82) is 0 Å². The first-order valence-electron chi connectivity index (χ1n) is 8.28. The number of amides is 2. The summed E-state index contributed by atoms with van der Waals surface area (Å²) in [4.78, 5) is 25.6. The number of benzene rings is 2. The van der Waals surface area contributed by atoms with Crippen molar-refractivity contribution in [3.05, 3.63) is 59.2 Å². The SMILES string of the molecule is Cc1cccc(CCC(=O)Nc2ccc3c(c2)CCC(=O)N3C)c1. The molecule has 2 amide bonds. The molecule has 2 aromatic rings. The number of hydrogen-bond donors (Lipinski definition) is 1. The number of nitrogens with zero attached hydrogens (tertiary/aromatic N) is 1. The number of hydrogen-bond acceptors (Lipinski definition) is 2. The van der Waals surface area contributed by atoms with Gasteiger partial charge in [0.15, 0.2) is 0 Å². The molecule has 0 atom stereocenters. The largest absolute Gasteiger partial charge is 0.326 e. The second-order valence-corrected chi connectivity index (χ2v) is 6.33. The quantitative estimate of drug-likeness (QED) is 0.937. The van der Waals surface area contributed by atoms with E-state index in [1.54, 1.807) is 11.9 Å². The van der Waals surface area contributed by atoms with E-state index in [-0.39, 0.29) is 11.8 Å². The molecular formula is C20H22N2O2. The lowest BCUT2D eigenvalue weighted by Gasteiger charge is -2.26. The van der Waals surface area contributed by atoms with Crippen LogP contribution in [0, 0.1) is 6.92 Å². The van der Waals surface area contributed by atoms with Crippen LogP contribution >= 0.6 is 0 Å². The van der Waals surface area contributed by atoms with E-state index in [1.807, 2.05) is 30.3 Å². The van der Waals surface area contributed by atoms with Gasteiger partial charge in [-0.2, -0.15) is 0 Å². The highest BCUT2D eigenvalue weighted by Gasteiger charge is 2.20. The van der Waals surface area contributed by atoms with Crippen LogP contribution in [0.25, 0.3) is 0 Å². The van der Waals surface area contributed by atoms with Crippen molar-refractivity contribution < 1.29 is 9.59 Å². The van der Waals surface area contributed by atoms with Gasteiger partial charge in [-0.15, -0.1) is 0 Å². The van der Waals surface area contributed by atoms with E-state index in [0.717, 1.165) is 29.8 Å². The first kappa shape index (κ1) is 16.2. The molecular weight excluding hydrogens is 300 g/mol. The minimum atomic E-state index is 0.0108. The first-order valence-corrected chi connectivity index (χ1v) is 8.28. The van der Waals surface area contributed by atoms with E-state index in [9.17, 15) is 9.59 Å². The molecule has 4 nitrogen and oxygen atoms in total. The van der Waals surface area contributed by atoms with Gasteiger partial charge in [-0.1, -0.05) is 29.8 Å². The number of aryl methyl sites for hydroxylation is 3. The van der Waals surface area contributed by atoms with Crippen molar-refractivity contribution in [2.75, 3.05) is 17.3 Å². The van der Waals surface area contributed by atoms with Crippen LogP contribution in [0.15, 0.2) is 42.5 Å². The van der Waals surface area contributed by atoms with Crippen molar-refractivity contribution in [3.8, 4) is 0 Å². The zero-order chi connectivity index (χ0) is 17.1. The Bertz CT molecular complexity index is 783. The van der Waals surface area contributed by atoms with Crippen molar-refractivity contribution in [3.63, 3.8) is 0 Å². The van der Waals surface area contributed by atoms with Crippen molar-refractivity contribution in [1.82, 2.24) is 0 Å². The molecule has 0 saturated carbocycles. The maximum absolute atomic E-state index is 12.2. The van der Waals surface area contributed by atoms with Crippen LogP contribution < -0.4 is 10.2 Å². The Kier molecular flexibility index (Phi) is 4.65. The summed E-state index contributed by atoms with van der Waals surface area (Å²) in [5, 5.41) is 2.96. The van der Waals surface area contributed by atoms with Gasteiger partial charge < -0.3 is 10.2 Å². The molecule has 0 aliphatic carbocycles. The molecule has 24 heavy (non-hydrogen) atoms.